The van der Waals surface area contributed by atoms with Crippen LogP contribution in [0.3, 0.4) is 0 Å². The molecule has 3 aromatic rings. The first-order valence-electron chi connectivity index (χ1n) is 7.38. The first-order chi connectivity index (χ1) is 11.1. The van der Waals surface area contributed by atoms with Gasteiger partial charge in [0.1, 0.15) is 0 Å². The average Bonchev–Trinajstić information content (AvgIpc) is 3.03. The molecule has 0 aliphatic heterocycles. The molecule has 0 amide bonds. The Hall–Kier alpha value is -2.52. The van der Waals surface area contributed by atoms with Gasteiger partial charge in [-0.1, -0.05) is 11.6 Å². The van der Waals surface area contributed by atoms with E-state index in [-0.39, 0.29) is 0 Å². The molecule has 23 heavy (non-hydrogen) atoms. The van der Waals surface area contributed by atoms with E-state index in [1.165, 1.54) is 5.69 Å². The quantitative estimate of drug-likeness (QED) is 0.622. The highest BCUT2D eigenvalue weighted by Gasteiger charge is 2.02. The van der Waals surface area contributed by atoms with Crippen LogP contribution in [-0.4, -0.2) is 24.9 Å². The van der Waals surface area contributed by atoms with Gasteiger partial charge >= 0.3 is 0 Å². The van der Waals surface area contributed by atoms with Crippen molar-refractivity contribution in [1.29, 1.82) is 0 Å². The molecule has 0 saturated heterocycles. The van der Waals surface area contributed by atoms with Crippen LogP contribution in [0.5, 0.6) is 0 Å². The van der Waals surface area contributed by atoms with Crippen molar-refractivity contribution in [2.75, 3.05) is 19.0 Å². The first kappa shape index (κ1) is 15.4. The van der Waals surface area contributed by atoms with E-state index in [4.69, 9.17) is 11.6 Å². The van der Waals surface area contributed by atoms with Crippen molar-refractivity contribution in [2.24, 2.45) is 4.99 Å². The van der Waals surface area contributed by atoms with E-state index < -0.39 is 0 Å². The van der Waals surface area contributed by atoms with Crippen LogP contribution < -0.4 is 4.90 Å². The third kappa shape index (κ3) is 3.63. The lowest BCUT2D eigenvalue weighted by Crippen LogP contribution is -2.08. The van der Waals surface area contributed by atoms with Crippen molar-refractivity contribution in [2.45, 2.75) is 0 Å². The summed E-state index contributed by atoms with van der Waals surface area (Å²) in [5.74, 6) is 0. The molecule has 0 bridgehead atoms. The van der Waals surface area contributed by atoms with Gasteiger partial charge in [0.25, 0.3) is 0 Å². The number of aliphatic imine (C=N–C) groups is 1. The Morgan fingerprint density at radius 1 is 0.957 bits per heavy atom. The number of benzene rings is 2. The zero-order chi connectivity index (χ0) is 16.2. The molecule has 2 aromatic carbocycles. The summed E-state index contributed by atoms with van der Waals surface area (Å²) in [4.78, 5) is 6.59. The van der Waals surface area contributed by atoms with E-state index in [1.807, 2.05) is 62.9 Å². The molecule has 0 aliphatic rings. The van der Waals surface area contributed by atoms with Crippen molar-refractivity contribution in [3.8, 4) is 5.69 Å². The lowest BCUT2D eigenvalue weighted by molar-refractivity contribution is 1.06. The van der Waals surface area contributed by atoms with Crippen molar-refractivity contribution in [3.63, 3.8) is 0 Å². The van der Waals surface area contributed by atoms with E-state index in [2.05, 4.69) is 38.7 Å². The van der Waals surface area contributed by atoms with Gasteiger partial charge in [-0.3, -0.25) is 4.99 Å². The van der Waals surface area contributed by atoms with Crippen LogP contribution in [0.2, 0.25) is 5.02 Å². The molecule has 3 nitrogen and oxygen atoms in total. The molecule has 0 unspecified atom stereocenters. The summed E-state index contributed by atoms with van der Waals surface area (Å²) in [6.07, 6.45) is 3.90. The maximum Gasteiger partial charge on any atom is 0.0639 e. The largest absolute Gasteiger partial charge is 0.378 e. The normalized spacial score (nSPS) is 11.1. The third-order valence-electron chi connectivity index (χ3n) is 3.60. The Morgan fingerprint density at radius 3 is 2.30 bits per heavy atom. The maximum atomic E-state index is 5.89. The number of aromatic nitrogens is 1. The number of halogens is 1. The van der Waals surface area contributed by atoms with Crippen LogP contribution in [0, 0.1) is 0 Å². The van der Waals surface area contributed by atoms with E-state index in [0.29, 0.717) is 5.02 Å². The van der Waals surface area contributed by atoms with Crippen molar-refractivity contribution in [1.82, 2.24) is 4.57 Å². The molecular weight excluding hydrogens is 306 g/mol. The minimum absolute atomic E-state index is 0.716. The minimum Gasteiger partial charge on any atom is -0.378 e. The highest BCUT2D eigenvalue weighted by Crippen LogP contribution is 2.19. The van der Waals surface area contributed by atoms with E-state index in [0.717, 1.165) is 17.1 Å². The zero-order valence-electron chi connectivity index (χ0n) is 13.1. The predicted octanol–water partition coefficient (Wildman–Crippen LogP) is 4.95. The standard InChI is InChI=1S/C19H18ClN3/c1-22(2)17-9-11-18(12-10-17)23-13-3-4-19(23)14-21-16-7-5-15(20)6-8-16/h3-14H,1-2H3. The molecule has 0 aliphatic carbocycles. The summed E-state index contributed by atoms with van der Waals surface area (Å²) in [5.41, 5.74) is 4.19. The van der Waals surface area contributed by atoms with Crippen LogP contribution in [0.15, 0.2) is 71.9 Å². The average molecular weight is 324 g/mol. The second-order valence-electron chi connectivity index (χ2n) is 5.45. The van der Waals surface area contributed by atoms with Gasteiger partial charge in [0.05, 0.1) is 17.6 Å². The fourth-order valence-corrected chi connectivity index (χ4v) is 2.44. The fraction of sp³-hybridized carbons (Fsp3) is 0.105. The molecule has 116 valence electrons. The first-order valence-corrected chi connectivity index (χ1v) is 7.76. The van der Waals surface area contributed by atoms with Gasteiger partial charge in [-0.2, -0.15) is 0 Å². The fourth-order valence-electron chi connectivity index (χ4n) is 2.31. The molecule has 0 fully saturated rings. The van der Waals surface area contributed by atoms with Crippen LogP contribution in [0.1, 0.15) is 5.69 Å². The third-order valence-corrected chi connectivity index (χ3v) is 3.85. The molecule has 0 N–H and O–H groups in total. The molecule has 0 saturated carbocycles. The predicted molar refractivity (Wildman–Crippen MR) is 98.8 cm³/mol. The molecule has 0 radical (unpaired) electrons. The number of nitrogens with zero attached hydrogens (tertiary/aromatic N) is 3. The van der Waals surface area contributed by atoms with Crippen LogP contribution in [-0.2, 0) is 0 Å². The van der Waals surface area contributed by atoms with Crippen LogP contribution >= 0.6 is 11.6 Å². The van der Waals surface area contributed by atoms with Gasteiger partial charge in [0.15, 0.2) is 0 Å². The van der Waals surface area contributed by atoms with E-state index >= 15 is 0 Å². The van der Waals surface area contributed by atoms with Gasteiger partial charge in [0, 0.05) is 36.7 Å². The SMILES string of the molecule is CN(C)c1ccc(-n2cccc2C=Nc2ccc(Cl)cc2)cc1. The molecular formula is C19H18ClN3. The summed E-state index contributed by atoms with van der Waals surface area (Å²) in [6, 6.07) is 20.0. The highest BCUT2D eigenvalue weighted by atomic mass is 35.5. The Balaban J connectivity index is 1.85. The number of rotatable bonds is 4. The number of anilines is 1. The van der Waals surface area contributed by atoms with E-state index in [9.17, 15) is 0 Å². The number of hydrogen-bond donors (Lipinski definition) is 0. The molecule has 3 rings (SSSR count). The van der Waals surface area contributed by atoms with Gasteiger partial charge in [-0.05, 0) is 60.7 Å². The van der Waals surface area contributed by atoms with Crippen molar-refractivity contribution >= 4 is 29.2 Å². The maximum absolute atomic E-state index is 5.89. The molecule has 4 heteroatoms. The summed E-state index contributed by atoms with van der Waals surface area (Å²) < 4.78 is 2.11. The minimum atomic E-state index is 0.716. The lowest BCUT2D eigenvalue weighted by atomic mass is 10.2. The van der Waals surface area contributed by atoms with Crippen LogP contribution in [0.4, 0.5) is 11.4 Å². The lowest BCUT2D eigenvalue weighted by Gasteiger charge is -2.13. The Morgan fingerprint density at radius 2 is 1.65 bits per heavy atom. The Bertz CT molecular complexity index is 799. The van der Waals surface area contributed by atoms with Gasteiger partial charge in [-0.25, -0.2) is 0 Å². The molecule has 1 aromatic heterocycles. The Kier molecular flexibility index (Phi) is 4.49. The summed E-state index contributed by atoms with van der Waals surface area (Å²) in [6.45, 7) is 0. The molecule has 1 heterocycles. The topological polar surface area (TPSA) is 20.5 Å². The second kappa shape index (κ2) is 6.71. The van der Waals surface area contributed by atoms with E-state index in [1.54, 1.807) is 0 Å². The Labute approximate surface area is 141 Å². The van der Waals surface area contributed by atoms with Gasteiger partial charge in [0.2, 0.25) is 0 Å². The smallest absolute Gasteiger partial charge is 0.0639 e. The second-order valence-corrected chi connectivity index (χ2v) is 5.88. The summed E-state index contributed by atoms with van der Waals surface area (Å²) in [7, 11) is 4.07. The van der Waals surface area contributed by atoms with Gasteiger partial charge < -0.3 is 9.47 Å². The monoisotopic (exact) mass is 323 g/mol. The van der Waals surface area contributed by atoms with Crippen LogP contribution in [0.25, 0.3) is 5.69 Å². The highest BCUT2D eigenvalue weighted by molar-refractivity contribution is 6.30. The molecule has 0 atom stereocenters. The van der Waals surface area contributed by atoms with Gasteiger partial charge in [-0.15, -0.1) is 0 Å². The van der Waals surface area contributed by atoms with Crippen molar-refractivity contribution in [3.05, 3.63) is 77.6 Å². The number of hydrogen-bond acceptors (Lipinski definition) is 2. The zero-order valence-corrected chi connectivity index (χ0v) is 13.9. The summed E-state index contributed by atoms with van der Waals surface area (Å²) >= 11 is 5.89. The molecule has 0 spiro atoms. The summed E-state index contributed by atoms with van der Waals surface area (Å²) in [5, 5.41) is 0.716. The van der Waals surface area contributed by atoms with Crippen molar-refractivity contribution < 1.29 is 0 Å².